The number of hydrogen-bond donors (Lipinski definition) is 0. The van der Waals surface area contributed by atoms with Gasteiger partial charge in [0.25, 0.3) is 0 Å². The van der Waals surface area contributed by atoms with E-state index in [1.54, 1.807) is 0 Å². The molecule has 0 fully saturated rings. The van der Waals surface area contributed by atoms with E-state index in [9.17, 15) is 0 Å². The van der Waals surface area contributed by atoms with Gasteiger partial charge in [0.15, 0.2) is 0 Å². The molecule has 0 bridgehead atoms. The molecule has 1 aliphatic rings. The summed E-state index contributed by atoms with van der Waals surface area (Å²) >= 11 is 1.92. The zero-order valence-corrected chi connectivity index (χ0v) is 14.6. The third kappa shape index (κ3) is 3.42. The average molecular weight is 346 g/mol. The Balaban J connectivity index is 1.42. The molecule has 0 saturated carbocycles. The van der Waals surface area contributed by atoms with Crippen LogP contribution in [0.25, 0.3) is 10.8 Å². The highest BCUT2D eigenvalue weighted by Gasteiger charge is 2.16. The second-order valence-electron chi connectivity index (χ2n) is 5.99. The Hall–Kier alpha value is -2.64. The molecule has 0 amide bonds. The highest BCUT2D eigenvalue weighted by Crippen LogP contribution is 2.34. The second-order valence-corrected chi connectivity index (χ2v) is 7.12. The van der Waals surface area contributed by atoms with E-state index in [0.29, 0.717) is 12.2 Å². The van der Waals surface area contributed by atoms with Gasteiger partial charge < -0.3 is 9.64 Å². The fourth-order valence-electron chi connectivity index (χ4n) is 3.12. The molecule has 4 heteroatoms. The fourth-order valence-corrected chi connectivity index (χ4v) is 4.17. The summed E-state index contributed by atoms with van der Waals surface area (Å²) in [6.45, 7) is 2.59. The molecule has 25 heavy (non-hydrogen) atoms. The van der Waals surface area contributed by atoms with Crippen LogP contribution in [0.3, 0.4) is 0 Å². The number of nitrogens with zero attached hydrogens (tertiary/aromatic N) is 2. The van der Waals surface area contributed by atoms with Crippen molar-refractivity contribution < 1.29 is 4.74 Å². The molecule has 0 unspecified atom stereocenters. The Morgan fingerprint density at radius 1 is 1.04 bits per heavy atom. The van der Waals surface area contributed by atoms with E-state index in [1.165, 1.54) is 10.6 Å². The van der Waals surface area contributed by atoms with Crippen LogP contribution in [0, 0.1) is 11.3 Å². The number of hydrogen-bond acceptors (Lipinski definition) is 4. The minimum absolute atomic E-state index is 0.654. The summed E-state index contributed by atoms with van der Waals surface area (Å²) < 4.78 is 5.97. The van der Waals surface area contributed by atoms with Crippen LogP contribution in [0.2, 0.25) is 0 Å². The lowest BCUT2D eigenvalue weighted by Crippen LogP contribution is -2.33. The van der Waals surface area contributed by atoms with Crippen LogP contribution in [0.4, 0.5) is 5.69 Å². The second kappa shape index (κ2) is 7.08. The van der Waals surface area contributed by atoms with Gasteiger partial charge in [-0.05, 0) is 47.2 Å². The van der Waals surface area contributed by atoms with Crippen LogP contribution in [-0.4, -0.2) is 25.4 Å². The van der Waals surface area contributed by atoms with Crippen molar-refractivity contribution in [1.29, 1.82) is 5.26 Å². The molecule has 0 N–H and O–H groups in total. The van der Waals surface area contributed by atoms with Gasteiger partial charge in [-0.1, -0.05) is 24.3 Å². The van der Waals surface area contributed by atoms with Gasteiger partial charge in [0, 0.05) is 17.2 Å². The quantitative estimate of drug-likeness (QED) is 0.686. The number of anilines is 1. The molecule has 3 aromatic carbocycles. The third-order valence-electron chi connectivity index (χ3n) is 4.40. The van der Waals surface area contributed by atoms with Gasteiger partial charge in [-0.15, -0.1) is 11.8 Å². The molecule has 0 aromatic heterocycles. The van der Waals surface area contributed by atoms with Crippen LogP contribution in [-0.2, 0) is 0 Å². The monoisotopic (exact) mass is 346 g/mol. The van der Waals surface area contributed by atoms with Crippen molar-refractivity contribution in [2.24, 2.45) is 0 Å². The summed E-state index contributed by atoms with van der Waals surface area (Å²) in [4.78, 5) is 3.75. The summed E-state index contributed by atoms with van der Waals surface area (Å²) in [6.07, 6.45) is 0. The lowest BCUT2D eigenvalue weighted by atomic mass is 10.1. The summed E-state index contributed by atoms with van der Waals surface area (Å²) in [5.74, 6) is 1.99. The maximum absolute atomic E-state index is 8.98. The van der Waals surface area contributed by atoms with Gasteiger partial charge in [0.05, 0.1) is 23.9 Å². The number of thioether (sulfide) groups is 1. The lowest BCUT2D eigenvalue weighted by Gasteiger charge is -2.30. The molecule has 0 radical (unpaired) electrons. The Labute approximate surface area is 151 Å². The fraction of sp³-hybridized carbons (Fsp3) is 0.190. The van der Waals surface area contributed by atoms with Gasteiger partial charge in [0.1, 0.15) is 12.4 Å². The van der Waals surface area contributed by atoms with Crippen LogP contribution in [0.15, 0.2) is 65.6 Å². The van der Waals surface area contributed by atoms with E-state index >= 15 is 0 Å². The van der Waals surface area contributed by atoms with Crippen molar-refractivity contribution in [3.05, 3.63) is 66.2 Å². The Bertz CT molecular complexity index is 948. The Morgan fingerprint density at radius 3 is 2.80 bits per heavy atom. The predicted molar refractivity (Wildman–Crippen MR) is 104 cm³/mol. The standard InChI is InChI=1S/C21H18N2OS/c22-15-16-5-6-18-14-19(8-7-17(18)13-16)24-11-9-23-10-12-25-21-4-2-1-3-20(21)23/h1-8,13-14H,9-12H2. The first-order valence-corrected chi connectivity index (χ1v) is 9.35. The van der Waals surface area contributed by atoms with Crippen molar-refractivity contribution in [2.45, 2.75) is 4.90 Å². The van der Waals surface area contributed by atoms with E-state index in [2.05, 4.69) is 35.2 Å². The highest BCUT2D eigenvalue weighted by molar-refractivity contribution is 7.99. The molecule has 0 atom stereocenters. The van der Waals surface area contributed by atoms with Crippen molar-refractivity contribution in [3.63, 3.8) is 0 Å². The molecule has 3 aromatic rings. The SMILES string of the molecule is N#Cc1ccc2cc(OCCN3CCSc4ccccc43)ccc2c1. The molecular formula is C21H18N2OS. The molecule has 4 rings (SSSR count). The first kappa shape index (κ1) is 15.9. The van der Waals surface area contributed by atoms with Crippen LogP contribution >= 0.6 is 11.8 Å². The smallest absolute Gasteiger partial charge is 0.120 e. The summed E-state index contributed by atoms with van der Waals surface area (Å²) in [5.41, 5.74) is 1.99. The summed E-state index contributed by atoms with van der Waals surface area (Å²) in [6, 6.07) is 22.5. The minimum atomic E-state index is 0.654. The molecule has 1 heterocycles. The first-order chi connectivity index (χ1) is 12.3. The number of rotatable bonds is 4. The number of fused-ring (bicyclic) bond motifs is 2. The largest absolute Gasteiger partial charge is 0.492 e. The number of ether oxygens (including phenoxy) is 1. The molecule has 0 aliphatic carbocycles. The van der Waals surface area contributed by atoms with Gasteiger partial charge >= 0.3 is 0 Å². The molecule has 0 spiro atoms. The lowest BCUT2D eigenvalue weighted by molar-refractivity contribution is 0.324. The van der Waals surface area contributed by atoms with Gasteiger partial charge in [-0.25, -0.2) is 0 Å². The van der Waals surface area contributed by atoms with Crippen molar-refractivity contribution in [2.75, 3.05) is 30.3 Å². The molecular weight excluding hydrogens is 328 g/mol. The van der Waals surface area contributed by atoms with Crippen molar-refractivity contribution in [1.82, 2.24) is 0 Å². The van der Waals surface area contributed by atoms with Crippen molar-refractivity contribution in [3.8, 4) is 11.8 Å². The molecule has 124 valence electrons. The summed E-state index contributed by atoms with van der Waals surface area (Å²) in [5, 5.41) is 11.1. The molecule has 0 saturated heterocycles. The highest BCUT2D eigenvalue weighted by atomic mass is 32.2. The topological polar surface area (TPSA) is 36.3 Å². The number of nitriles is 1. The van der Waals surface area contributed by atoms with Crippen LogP contribution in [0.1, 0.15) is 5.56 Å². The molecule has 3 nitrogen and oxygen atoms in total. The van der Waals surface area contributed by atoms with E-state index in [0.717, 1.165) is 35.4 Å². The van der Waals surface area contributed by atoms with E-state index in [1.807, 2.05) is 48.2 Å². The Morgan fingerprint density at radius 2 is 1.88 bits per heavy atom. The van der Waals surface area contributed by atoms with Gasteiger partial charge in [-0.2, -0.15) is 5.26 Å². The number of benzene rings is 3. The van der Waals surface area contributed by atoms with Crippen molar-refractivity contribution >= 4 is 28.2 Å². The predicted octanol–water partition coefficient (Wildman–Crippen LogP) is 4.70. The molecule has 1 aliphatic heterocycles. The average Bonchev–Trinajstić information content (AvgIpc) is 2.67. The van der Waals surface area contributed by atoms with Crippen LogP contribution < -0.4 is 9.64 Å². The van der Waals surface area contributed by atoms with Gasteiger partial charge in [-0.3, -0.25) is 0 Å². The Kier molecular flexibility index (Phi) is 4.49. The third-order valence-corrected chi connectivity index (χ3v) is 5.44. The normalized spacial score (nSPS) is 13.3. The zero-order chi connectivity index (χ0) is 17.1. The van der Waals surface area contributed by atoms with E-state index in [-0.39, 0.29) is 0 Å². The maximum Gasteiger partial charge on any atom is 0.120 e. The van der Waals surface area contributed by atoms with Gasteiger partial charge in [0.2, 0.25) is 0 Å². The van der Waals surface area contributed by atoms with Crippen LogP contribution in [0.5, 0.6) is 5.75 Å². The summed E-state index contributed by atoms with van der Waals surface area (Å²) in [7, 11) is 0. The minimum Gasteiger partial charge on any atom is -0.492 e. The number of para-hydroxylation sites is 1. The van der Waals surface area contributed by atoms with E-state index < -0.39 is 0 Å². The first-order valence-electron chi connectivity index (χ1n) is 8.37. The van der Waals surface area contributed by atoms with E-state index in [4.69, 9.17) is 10.00 Å². The maximum atomic E-state index is 8.98. The zero-order valence-electron chi connectivity index (χ0n) is 13.8.